The molecule has 1 aliphatic heterocycles. The van der Waals surface area contributed by atoms with Gasteiger partial charge in [-0.05, 0) is 12.1 Å². The van der Waals surface area contributed by atoms with Gasteiger partial charge < -0.3 is 25.2 Å². The van der Waals surface area contributed by atoms with E-state index < -0.39 is 6.10 Å². The highest BCUT2D eigenvalue weighted by molar-refractivity contribution is 5.97. The number of amides is 1. The number of nitrogens with one attached hydrogen (secondary N) is 1. The number of hydrogen-bond donors (Lipinski definition) is 3. The molecule has 6 heteroatoms. The number of phenols is 1. The number of β-amino-alcohol motifs (C(OH)–C–C–N with tert-alkyl or cyclic N) is 1. The molecule has 1 heterocycles. The molecule has 104 valence electrons. The molecule has 0 unspecified atom stereocenters. The van der Waals surface area contributed by atoms with Gasteiger partial charge in [0.25, 0.3) is 5.91 Å². The summed E-state index contributed by atoms with van der Waals surface area (Å²) in [6.45, 7) is 1.01. The Hall–Kier alpha value is -1.79. The summed E-state index contributed by atoms with van der Waals surface area (Å²) in [6, 6.07) is 4.24. The van der Waals surface area contributed by atoms with Gasteiger partial charge in [0.1, 0.15) is 11.5 Å². The van der Waals surface area contributed by atoms with Crippen molar-refractivity contribution in [2.45, 2.75) is 12.1 Å². The normalized spacial score (nSPS) is 22.3. The maximum Gasteiger partial charge on any atom is 0.257 e. The Morgan fingerprint density at radius 3 is 2.74 bits per heavy atom. The fourth-order valence-electron chi connectivity index (χ4n) is 2.21. The molecule has 1 aromatic rings. The van der Waals surface area contributed by atoms with Crippen molar-refractivity contribution < 1.29 is 19.7 Å². The third-order valence-electron chi connectivity index (χ3n) is 3.40. The van der Waals surface area contributed by atoms with Gasteiger partial charge in [-0.25, -0.2) is 0 Å². The summed E-state index contributed by atoms with van der Waals surface area (Å²) in [5.74, 6) is 0.0313. The van der Waals surface area contributed by atoms with E-state index in [2.05, 4.69) is 5.32 Å². The van der Waals surface area contributed by atoms with Gasteiger partial charge in [-0.1, -0.05) is 0 Å². The van der Waals surface area contributed by atoms with Gasteiger partial charge in [0.05, 0.1) is 24.8 Å². The Balaban J connectivity index is 2.19. The van der Waals surface area contributed by atoms with Crippen LogP contribution in [-0.4, -0.2) is 60.4 Å². The zero-order chi connectivity index (χ0) is 14.0. The number of aliphatic hydroxyl groups is 1. The number of hydrogen-bond acceptors (Lipinski definition) is 5. The van der Waals surface area contributed by atoms with Crippen LogP contribution >= 0.6 is 0 Å². The molecule has 0 saturated carbocycles. The SMILES string of the molecule is COc1ccc(C(=O)N(C)[C@@H]2CNC[C@H]2O)c(O)c1. The van der Waals surface area contributed by atoms with Crippen LogP contribution in [0.1, 0.15) is 10.4 Å². The third kappa shape index (κ3) is 2.64. The molecule has 1 saturated heterocycles. The van der Waals surface area contributed by atoms with E-state index in [4.69, 9.17) is 4.74 Å². The first kappa shape index (κ1) is 13.6. The van der Waals surface area contributed by atoms with Gasteiger partial charge in [0.15, 0.2) is 0 Å². The van der Waals surface area contributed by atoms with Crippen LogP contribution in [0.3, 0.4) is 0 Å². The van der Waals surface area contributed by atoms with E-state index in [0.717, 1.165) is 0 Å². The van der Waals surface area contributed by atoms with Crippen molar-refractivity contribution in [3.05, 3.63) is 23.8 Å². The third-order valence-corrected chi connectivity index (χ3v) is 3.40. The van der Waals surface area contributed by atoms with Crippen molar-refractivity contribution in [3.8, 4) is 11.5 Å². The summed E-state index contributed by atoms with van der Waals surface area (Å²) >= 11 is 0. The Morgan fingerprint density at radius 1 is 1.47 bits per heavy atom. The van der Waals surface area contributed by atoms with Gasteiger partial charge >= 0.3 is 0 Å². The summed E-state index contributed by atoms with van der Waals surface area (Å²) in [5, 5.41) is 22.6. The smallest absolute Gasteiger partial charge is 0.257 e. The van der Waals surface area contributed by atoms with Crippen LogP contribution in [0.2, 0.25) is 0 Å². The van der Waals surface area contributed by atoms with E-state index in [1.165, 1.54) is 24.1 Å². The van der Waals surface area contributed by atoms with Crippen molar-refractivity contribution in [2.24, 2.45) is 0 Å². The van der Waals surface area contributed by atoms with E-state index in [-0.39, 0.29) is 23.3 Å². The highest BCUT2D eigenvalue weighted by atomic mass is 16.5. The quantitative estimate of drug-likeness (QED) is 0.706. The second-order valence-electron chi connectivity index (χ2n) is 4.59. The number of carbonyl (C=O) groups is 1. The summed E-state index contributed by atoms with van der Waals surface area (Å²) in [4.78, 5) is 13.7. The lowest BCUT2D eigenvalue weighted by molar-refractivity contribution is 0.0578. The molecule has 0 radical (unpaired) electrons. The summed E-state index contributed by atoms with van der Waals surface area (Å²) in [5.41, 5.74) is 0.197. The van der Waals surface area contributed by atoms with Crippen LogP contribution < -0.4 is 10.1 Å². The first-order valence-electron chi connectivity index (χ1n) is 6.07. The lowest BCUT2D eigenvalue weighted by atomic mass is 10.1. The van der Waals surface area contributed by atoms with Gasteiger partial charge in [0, 0.05) is 26.2 Å². The fraction of sp³-hybridized carbons (Fsp3) is 0.462. The summed E-state index contributed by atoms with van der Waals surface area (Å²) in [7, 11) is 3.11. The second-order valence-corrected chi connectivity index (χ2v) is 4.59. The largest absolute Gasteiger partial charge is 0.507 e. The molecule has 3 N–H and O–H groups in total. The Labute approximate surface area is 111 Å². The van der Waals surface area contributed by atoms with Gasteiger partial charge in [-0.3, -0.25) is 4.79 Å². The number of carbonyl (C=O) groups excluding carboxylic acids is 1. The molecule has 0 bridgehead atoms. The molecule has 2 rings (SSSR count). The van der Waals surface area contributed by atoms with Crippen LogP contribution in [0.25, 0.3) is 0 Å². The van der Waals surface area contributed by atoms with E-state index in [0.29, 0.717) is 18.8 Å². The van der Waals surface area contributed by atoms with Gasteiger partial charge in [0.2, 0.25) is 0 Å². The monoisotopic (exact) mass is 266 g/mol. The molecule has 1 fully saturated rings. The Bertz CT molecular complexity index is 478. The Morgan fingerprint density at radius 2 is 2.21 bits per heavy atom. The van der Waals surface area contributed by atoms with Crippen molar-refractivity contribution in [1.82, 2.24) is 10.2 Å². The van der Waals surface area contributed by atoms with Crippen molar-refractivity contribution in [2.75, 3.05) is 27.2 Å². The van der Waals surface area contributed by atoms with Crippen LogP contribution in [-0.2, 0) is 0 Å². The number of phenolic OH excluding ortho intramolecular Hbond substituents is 1. The molecule has 6 nitrogen and oxygen atoms in total. The number of aromatic hydroxyl groups is 1. The van der Waals surface area contributed by atoms with Crippen LogP contribution in [0.15, 0.2) is 18.2 Å². The molecular weight excluding hydrogens is 248 g/mol. The molecular formula is C13H18N2O4. The number of aliphatic hydroxyl groups excluding tert-OH is 1. The zero-order valence-corrected chi connectivity index (χ0v) is 11.0. The number of rotatable bonds is 3. The molecule has 0 aliphatic carbocycles. The standard InChI is InChI=1S/C13H18N2O4/c1-15(10-6-14-7-12(10)17)13(18)9-4-3-8(19-2)5-11(9)16/h3-5,10,12,14,16-17H,6-7H2,1-2H3/t10-,12-/m1/s1. The molecule has 2 atom stereocenters. The number of nitrogens with zero attached hydrogens (tertiary/aromatic N) is 1. The predicted octanol–water partition coefficient (Wildman–Crippen LogP) is -0.195. The van der Waals surface area contributed by atoms with E-state index >= 15 is 0 Å². The molecule has 1 aromatic carbocycles. The highest BCUT2D eigenvalue weighted by Gasteiger charge is 2.32. The molecule has 19 heavy (non-hydrogen) atoms. The van der Waals surface area contributed by atoms with E-state index in [9.17, 15) is 15.0 Å². The lowest BCUT2D eigenvalue weighted by Gasteiger charge is -2.26. The fourth-order valence-corrected chi connectivity index (χ4v) is 2.21. The van der Waals surface area contributed by atoms with Crippen molar-refractivity contribution >= 4 is 5.91 Å². The number of benzene rings is 1. The number of ether oxygens (including phenoxy) is 1. The molecule has 0 aromatic heterocycles. The number of likely N-dealkylation sites (N-methyl/N-ethyl adjacent to an activating group) is 1. The number of methoxy groups -OCH3 is 1. The van der Waals surface area contributed by atoms with Crippen molar-refractivity contribution in [3.63, 3.8) is 0 Å². The summed E-state index contributed by atoms with van der Waals surface area (Å²) < 4.78 is 4.97. The minimum atomic E-state index is -0.589. The molecule has 1 aliphatic rings. The van der Waals surface area contributed by atoms with Gasteiger partial charge in [-0.15, -0.1) is 0 Å². The van der Waals surface area contributed by atoms with Crippen LogP contribution in [0, 0.1) is 0 Å². The summed E-state index contributed by atoms with van der Waals surface area (Å²) in [6.07, 6.45) is -0.589. The van der Waals surface area contributed by atoms with Crippen LogP contribution in [0.5, 0.6) is 11.5 Å². The maximum atomic E-state index is 12.3. The first-order chi connectivity index (χ1) is 9.04. The second kappa shape index (κ2) is 5.46. The van der Waals surface area contributed by atoms with Crippen LogP contribution in [0.4, 0.5) is 0 Å². The average Bonchev–Trinajstić information content (AvgIpc) is 2.83. The van der Waals surface area contributed by atoms with E-state index in [1.54, 1.807) is 13.1 Å². The highest BCUT2D eigenvalue weighted by Crippen LogP contribution is 2.25. The maximum absolute atomic E-state index is 12.3. The van der Waals surface area contributed by atoms with E-state index in [1.807, 2.05) is 0 Å². The van der Waals surface area contributed by atoms with Gasteiger partial charge in [-0.2, -0.15) is 0 Å². The average molecular weight is 266 g/mol. The first-order valence-corrected chi connectivity index (χ1v) is 6.07. The minimum Gasteiger partial charge on any atom is -0.507 e. The minimum absolute atomic E-state index is 0.128. The zero-order valence-electron chi connectivity index (χ0n) is 11.0. The van der Waals surface area contributed by atoms with Crippen molar-refractivity contribution in [1.29, 1.82) is 0 Å². The molecule has 0 spiro atoms. The topological polar surface area (TPSA) is 82.0 Å². The predicted molar refractivity (Wildman–Crippen MR) is 69.4 cm³/mol. The lowest BCUT2D eigenvalue weighted by Crippen LogP contribution is -2.44. The Kier molecular flexibility index (Phi) is 3.92. The molecule has 1 amide bonds.